The summed E-state index contributed by atoms with van der Waals surface area (Å²) >= 11 is 0. The molecule has 1 heterocycles. The molecule has 0 spiro atoms. The lowest BCUT2D eigenvalue weighted by molar-refractivity contribution is 0.0941. The van der Waals surface area contributed by atoms with Gasteiger partial charge < -0.3 is 5.32 Å². The van der Waals surface area contributed by atoms with Gasteiger partial charge in [0.05, 0.1) is 11.1 Å². The van der Waals surface area contributed by atoms with E-state index in [2.05, 4.69) is 5.32 Å². The van der Waals surface area contributed by atoms with Gasteiger partial charge in [0.15, 0.2) is 0 Å². The predicted molar refractivity (Wildman–Crippen MR) is 87.3 cm³/mol. The molecule has 3 aromatic rings. The Labute approximate surface area is 132 Å². The first-order valence-electron chi connectivity index (χ1n) is 7.15. The molecule has 0 unspecified atom stereocenters. The number of anilines is 1. The van der Waals surface area contributed by atoms with Crippen LogP contribution in [0.1, 0.15) is 27.6 Å². The van der Waals surface area contributed by atoms with Gasteiger partial charge in [0.2, 0.25) is 5.91 Å². The molecule has 4 nitrogen and oxygen atoms in total. The minimum atomic E-state index is -0.455. The normalized spacial score (nSPS) is 10.7. The van der Waals surface area contributed by atoms with E-state index < -0.39 is 5.82 Å². The van der Waals surface area contributed by atoms with Crippen LogP contribution in [0.5, 0.6) is 0 Å². The van der Waals surface area contributed by atoms with E-state index in [1.165, 1.54) is 35.9 Å². The number of benzene rings is 2. The van der Waals surface area contributed by atoms with Crippen molar-refractivity contribution >= 4 is 28.4 Å². The molecule has 2 aromatic carbocycles. The summed E-state index contributed by atoms with van der Waals surface area (Å²) in [6, 6.07) is 11.4. The number of nitrogens with zero attached hydrogens (tertiary/aromatic N) is 1. The number of carbonyl (C=O) groups excluding carboxylic acids is 2. The number of carbonyl (C=O) groups is 2. The number of hydrogen-bond donors (Lipinski definition) is 1. The van der Waals surface area contributed by atoms with E-state index >= 15 is 0 Å². The summed E-state index contributed by atoms with van der Waals surface area (Å²) in [6.45, 7) is 3.35. The van der Waals surface area contributed by atoms with Crippen LogP contribution in [0.3, 0.4) is 0 Å². The molecule has 0 bridgehead atoms. The second-order valence-electron chi connectivity index (χ2n) is 5.41. The second-order valence-corrected chi connectivity index (χ2v) is 5.41. The summed E-state index contributed by atoms with van der Waals surface area (Å²) in [5.74, 6) is -1.08. The lowest BCUT2D eigenvalue weighted by Crippen LogP contribution is -2.11. The van der Waals surface area contributed by atoms with E-state index in [0.29, 0.717) is 16.6 Å². The van der Waals surface area contributed by atoms with E-state index in [1.807, 2.05) is 19.1 Å². The van der Waals surface area contributed by atoms with Crippen LogP contribution in [0, 0.1) is 12.7 Å². The van der Waals surface area contributed by atoms with Crippen molar-refractivity contribution in [1.29, 1.82) is 0 Å². The average Bonchev–Trinajstić information content (AvgIpc) is 2.88. The van der Waals surface area contributed by atoms with Gasteiger partial charge in [-0.15, -0.1) is 0 Å². The Kier molecular flexibility index (Phi) is 3.70. The van der Waals surface area contributed by atoms with Crippen molar-refractivity contribution in [3.8, 4) is 0 Å². The van der Waals surface area contributed by atoms with Gasteiger partial charge in [0.25, 0.3) is 5.91 Å². The van der Waals surface area contributed by atoms with E-state index in [-0.39, 0.29) is 17.4 Å². The van der Waals surface area contributed by atoms with E-state index in [1.54, 1.807) is 12.1 Å². The molecule has 0 aliphatic heterocycles. The number of aromatic nitrogens is 1. The maximum atomic E-state index is 13.5. The molecule has 1 N–H and O–H groups in total. The van der Waals surface area contributed by atoms with Crippen LogP contribution in [0.2, 0.25) is 0 Å². The zero-order chi connectivity index (χ0) is 16.6. The predicted octanol–water partition coefficient (Wildman–Crippen LogP) is 4.00. The summed E-state index contributed by atoms with van der Waals surface area (Å²) < 4.78 is 14.9. The number of aryl methyl sites for hydroxylation is 1. The molecular weight excluding hydrogens is 295 g/mol. The quantitative estimate of drug-likeness (QED) is 0.778. The summed E-state index contributed by atoms with van der Waals surface area (Å²) in [6.07, 6.45) is 1.44. The number of rotatable bonds is 2. The van der Waals surface area contributed by atoms with Gasteiger partial charge in [-0.25, -0.2) is 4.39 Å². The van der Waals surface area contributed by atoms with Gasteiger partial charge in [-0.1, -0.05) is 17.7 Å². The maximum Gasteiger partial charge on any atom is 0.257 e. The molecule has 0 saturated carbocycles. The van der Waals surface area contributed by atoms with E-state index in [0.717, 1.165) is 5.56 Å². The van der Waals surface area contributed by atoms with E-state index in [4.69, 9.17) is 0 Å². The molecule has 5 heteroatoms. The third kappa shape index (κ3) is 2.85. The monoisotopic (exact) mass is 310 g/mol. The highest BCUT2D eigenvalue weighted by atomic mass is 19.1. The largest absolute Gasteiger partial charge is 0.322 e. The Morgan fingerprint density at radius 1 is 1.09 bits per heavy atom. The average molecular weight is 310 g/mol. The number of halogens is 1. The molecule has 116 valence electrons. The highest BCUT2D eigenvalue weighted by Crippen LogP contribution is 2.24. The third-order valence-corrected chi connectivity index (χ3v) is 3.66. The Morgan fingerprint density at radius 2 is 1.78 bits per heavy atom. The third-order valence-electron chi connectivity index (χ3n) is 3.66. The molecule has 1 aromatic heterocycles. The van der Waals surface area contributed by atoms with Crippen molar-refractivity contribution in [2.75, 3.05) is 5.32 Å². The zero-order valence-electron chi connectivity index (χ0n) is 12.8. The van der Waals surface area contributed by atoms with E-state index in [9.17, 15) is 14.0 Å². The molecule has 0 aliphatic rings. The maximum absolute atomic E-state index is 13.5. The molecule has 23 heavy (non-hydrogen) atoms. The van der Waals surface area contributed by atoms with Crippen LogP contribution in [0.25, 0.3) is 10.9 Å². The molecule has 0 aliphatic carbocycles. The molecule has 0 atom stereocenters. The molecule has 3 rings (SSSR count). The second kappa shape index (κ2) is 5.68. The SMILES string of the molecule is CC(=O)n1cc(C(=O)Nc2ccc(C)cc2)c2cc(F)ccc21. The Balaban J connectivity index is 2.04. The lowest BCUT2D eigenvalue weighted by Gasteiger charge is -2.04. The fourth-order valence-corrected chi connectivity index (χ4v) is 2.48. The Morgan fingerprint density at radius 3 is 2.43 bits per heavy atom. The zero-order valence-corrected chi connectivity index (χ0v) is 12.8. The highest BCUT2D eigenvalue weighted by molar-refractivity contribution is 6.14. The first kappa shape index (κ1) is 15.0. The molecule has 0 radical (unpaired) electrons. The molecule has 0 saturated heterocycles. The summed E-state index contributed by atoms with van der Waals surface area (Å²) in [5.41, 5.74) is 2.49. The van der Waals surface area contributed by atoms with Crippen molar-refractivity contribution < 1.29 is 14.0 Å². The standard InChI is InChI=1S/C18H15FN2O2/c1-11-3-6-14(7-4-11)20-18(23)16-10-21(12(2)22)17-8-5-13(19)9-15(16)17/h3-10H,1-2H3,(H,20,23). The van der Waals surface area contributed by atoms with Gasteiger partial charge in [0.1, 0.15) is 5.82 Å². The molecular formula is C18H15FN2O2. The summed E-state index contributed by atoms with van der Waals surface area (Å²) in [5, 5.41) is 3.17. The van der Waals surface area contributed by atoms with Gasteiger partial charge in [-0.2, -0.15) is 0 Å². The van der Waals surface area contributed by atoms with Crippen LogP contribution in [-0.4, -0.2) is 16.4 Å². The fraction of sp³-hybridized carbons (Fsp3) is 0.111. The van der Waals surface area contributed by atoms with Crippen LogP contribution in [-0.2, 0) is 0 Å². The number of fused-ring (bicyclic) bond motifs is 1. The van der Waals surface area contributed by atoms with Gasteiger partial charge >= 0.3 is 0 Å². The van der Waals surface area contributed by atoms with Crippen LogP contribution < -0.4 is 5.32 Å². The topological polar surface area (TPSA) is 51.1 Å². The lowest BCUT2D eigenvalue weighted by atomic mass is 10.1. The Hall–Kier alpha value is -2.95. The molecule has 0 fully saturated rings. The minimum Gasteiger partial charge on any atom is -0.322 e. The Bertz CT molecular complexity index is 911. The van der Waals surface area contributed by atoms with Gasteiger partial charge in [-0.05, 0) is 37.3 Å². The number of hydrogen-bond acceptors (Lipinski definition) is 2. The van der Waals surface area contributed by atoms with Crippen molar-refractivity contribution in [1.82, 2.24) is 4.57 Å². The first-order chi connectivity index (χ1) is 11.0. The van der Waals surface area contributed by atoms with Gasteiger partial charge in [0, 0.05) is 24.2 Å². The smallest absolute Gasteiger partial charge is 0.257 e. The fourth-order valence-electron chi connectivity index (χ4n) is 2.48. The van der Waals surface area contributed by atoms with Gasteiger partial charge in [-0.3, -0.25) is 14.2 Å². The van der Waals surface area contributed by atoms with Crippen LogP contribution >= 0.6 is 0 Å². The van der Waals surface area contributed by atoms with Crippen LogP contribution in [0.15, 0.2) is 48.7 Å². The summed E-state index contributed by atoms with van der Waals surface area (Å²) in [4.78, 5) is 24.2. The number of nitrogens with one attached hydrogen (secondary N) is 1. The van der Waals surface area contributed by atoms with Crippen molar-refractivity contribution in [3.63, 3.8) is 0 Å². The summed E-state index contributed by atoms with van der Waals surface area (Å²) in [7, 11) is 0. The van der Waals surface area contributed by atoms with Crippen molar-refractivity contribution in [2.45, 2.75) is 13.8 Å². The first-order valence-corrected chi connectivity index (χ1v) is 7.15. The molecule has 1 amide bonds. The minimum absolute atomic E-state index is 0.240. The highest BCUT2D eigenvalue weighted by Gasteiger charge is 2.17. The number of amides is 1. The van der Waals surface area contributed by atoms with Crippen molar-refractivity contribution in [2.24, 2.45) is 0 Å². The van der Waals surface area contributed by atoms with Crippen LogP contribution in [0.4, 0.5) is 10.1 Å². The van der Waals surface area contributed by atoms with Crippen molar-refractivity contribution in [3.05, 3.63) is 65.6 Å².